The minimum absolute atomic E-state index is 0.0958. The molecule has 0 aliphatic carbocycles. The molecule has 0 bridgehead atoms. The van der Waals surface area contributed by atoms with Gasteiger partial charge in [0.05, 0.1) is 109 Å². The number of methoxy groups -OCH3 is 3. The Morgan fingerprint density at radius 1 is 0.582 bits per heavy atom. The number of aliphatic imine (C=N–C) groups is 2. The van der Waals surface area contributed by atoms with Gasteiger partial charge in [0, 0.05) is 44.3 Å². The van der Waals surface area contributed by atoms with Crippen LogP contribution in [-0.4, -0.2) is 153 Å². The first-order valence-corrected chi connectivity index (χ1v) is 22.4. The standard InChI is InChI=1S/C50H60N4O13/c1-33-17-38-26-51-42-24-46(44(58-3)22-40(42)49(56)53(38)28-33)66-30-36-19-35(7-6-8-61-9-10-62-11-12-63-13-14-64-15-16-65-32-48(55)60-5)20-37(21-36)31-67-47-25-43-41(23-45(47)59-4)50(57)54-29-34(2)18-39(54)27-52-43/h19-27,38-39H,1-2,6-18,28-32H2,3-5H3. The zero-order valence-corrected chi connectivity index (χ0v) is 38.6. The van der Waals surface area contributed by atoms with Gasteiger partial charge in [0.2, 0.25) is 0 Å². The fraction of sp³-hybridized carbons (Fsp3) is 0.460. The van der Waals surface area contributed by atoms with Gasteiger partial charge in [-0.05, 0) is 60.6 Å². The number of aryl methyl sites for hydroxylation is 1. The summed E-state index contributed by atoms with van der Waals surface area (Å²) in [6.07, 6.45) is 6.47. The van der Waals surface area contributed by atoms with Crippen molar-refractivity contribution in [3.05, 3.63) is 94.6 Å². The smallest absolute Gasteiger partial charge is 0.331 e. The Bertz CT molecular complexity index is 2200. The molecule has 2 fully saturated rings. The second kappa shape index (κ2) is 24.1. The molecule has 67 heavy (non-hydrogen) atoms. The van der Waals surface area contributed by atoms with Gasteiger partial charge >= 0.3 is 5.97 Å². The van der Waals surface area contributed by atoms with Gasteiger partial charge < -0.3 is 57.2 Å². The minimum Gasteiger partial charge on any atom is -0.493 e. The highest BCUT2D eigenvalue weighted by atomic mass is 16.6. The van der Waals surface area contributed by atoms with E-state index in [0.29, 0.717) is 131 Å². The normalized spacial score (nSPS) is 17.2. The van der Waals surface area contributed by atoms with Gasteiger partial charge in [0.1, 0.15) is 19.8 Å². The number of fused-ring (bicyclic) bond motifs is 4. The van der Waals surface area contributed by atoms with E-state index in [1.807, 2.05) is 18.5 Å². The maximum atomic E-state index is 13.6. The van der Waals surface area contributed by atoms with Crippen LogP contribution in [0.4, 0.5) is 11.4 Å². The predicted octanol–water partition coefficient (Wildman–Crippen LogP) is 6.02. The van der Waals surface area contributed by atoms with Crippen LogP contribution >= 0.6 is 0 Å². The third-order valence-corrected chi connectivity index (χ3v) is 11.5. The third-order valence-electron chi connectivity index (χ3n) is 11.5. The van der Waals surface area contributed by atoms with Crippen LogP contribution in [0.15, 0.2) is 76.8 Å². The molecular weight excluding hydrogens is 865 g/mol. The van der Waals surface area contributed by atoms with Crippen molar-refractivity contribution >= 4 is 41.6 Å². The molecule has 2 atom stereocenters. The summed E-state index contributed by atoms with van der Waals surface area (Å²) in [5, 5.41) is 0. The molecule has 17 nitrogen and oxygen atoms in total. The Morgan fingerprint density at radius 2 is 1.01 bits per heavy atom. The second-order valence-electron chi connectivity index (χ2n) is 16.4. The second-order valence-corrected chi connectivity index (χ2v) is 16.4. The molecule has 3 aromatic carbocycles. The number of ether oxygens (including phenoxy) is 10. The number of hydrogen-bond acceptors (Lipinski definition) is 15. The van der Waals surface area contributed by atoms with Crippen LogP contribution in [-0.2, 0) is 52.9 Å². The lowest BCUT2D eigenvalue weighted by atomic mass is 10.0. The number of esters is 1. The zero-order valence-electron chi connectivity index (χ0n) is 38.6. The SMILES string of the molecule is C=C1CC2C=Nc3cc(OCc4cc(CCCOCCOCCOCCOCCOCC(=O)OC)cc(COc5cc6c(cc5OC)C(=O)N5CC(=C)CC5C=N6)c4)c(OC)cc3C(=O)N2C1. The first-order chi connectivity index (χ1) is 32.6. The fourth-order valence-corrected chi connectivity index (χ4v) is 8.15. The first kappa shape index (κ1) is 48.8. The van der Waals surface area contributed by atoms with E-state index in [0.717, 1.165) is 40.7 Å². The van der Waals surface area contributed by atoms with E-state index in [-0.39, 0.29) is 43.7 Å². The monoisotopic (exact) mass is 924 g/mol. The summed E-state index contributed by atoms with van der Waals surface area (Å²) in [7, 11) is 4.41. The Labute approximate surface area is 391 Å². The third kappa shape index (κ3) is 13.1. The quantitative estimate of drug-likeness (QED) is 0.0520. The summed E-state index contributed by atoms with van der Waals surface area (Å²) in [5.74, 6) is 1.12. The summed E-state index contributed by atoms with van der Waals surface area (Å²) in [4.78, 5) is 51.1. The Balaban J connectivity index is 0.948. The van der Waals surface area contributed by atoms with Crippen molar-refractivity contribution in [1.29, 1.82) is 0 Å². The van der Waals surface area contributed by atoms with Gasteiger partial charge in [-0.2, -0.15) is 0 Å². The van der Waals surface area contributed by atoms with Crippen molar-refractivity contribution < 1.29 is 61.8 Å². The van der Waals surface area contributed by atoms with Gasteiger partial charge in [-0.1, -0.05) is 36.4 Å². The number of amides is 2. The van der Waals surface area contributed by atoms with Gasteiger partial charge in [0.15, 0.2) is 23.0 Å². The molecule has 2 unspecified atom stereocenters. The van der Waals surface area contributed by atoms with Crippen molar-refractivity contribution in [3.8, 4) is 23.0 Å². The van der Waals surface area contributed by atoms with Gasteiger partial charge in [0.25, 0.3) is 11.8 Å². The lowest BCUT2D eigenvalue weighted by Gasteiger charge is -2.20. The highest BCUT2D eigenvalue weighted by molar-refractivity contribution is 6.04. The molecule has 0 radical (unpaired) electrons. The van der Waals surface area contributed by atoms with Gasteiger partial charge in [-0.25, -0.2) is 4.79 Å². The Kier molecular flexibility index (Phi) is 17.5. The topological polar surface area (TPSA) is 175 Å². The molecule has 4 aliphatic rings. The van der Waals surface area contributed by atoms with Crippen LogP contribution in [0.5, 0.6) is 23.0 Å². The molecule has 2 saturated heterocycles. The van der Waals surface area contributed by atoms with Crippen molar-refractivity contribution in [2.24, 2.45) is 9.98 Å². The van der Waals surface area contributed by atoms with Gasteiger partial charge in [-0.15, -0.1) is 0 Å². The van der Waals surface area contributed by atoms with Crippen molar-refractivity contribution in [1.82, 2.24) is 9.80 Å². The van der Waals surface area contributed by atoms with E-state index >= 15 is 0 Å². The minimum atomic E-state index is -0.425. The lowest BCUT2D eigenvalue weighted by molar-refractivity contribution is -0.146. The number of rotatable bonds is 26. The van der Waals surface area contributed by atoms with Crippen LogP contribution in [0.3, 0.4) is 0 Å². The molecule has 0 aromatic heterocycles. The van der Waals surface area contributed by atoms with E-state index in [1.165, 1.54) is 7.11 Å². The number of nitrogens with zero attached hydrogens (tertiary/aromatic N) is 4. The molecule has 358 valence electrons. The fourth-order valence-electron chi connectivity index (χ4n) is 8.15. The molecule has 0 saturated carbocycles. The van der Waals surface area contributed by atoms with Crippen molar-refractivity contribution in [2.45, 2.75) is 51.0 Å². The molecule has 17 heteroatoms. The van der Waals surface area contributed by atoms with Crippen LogP contribution in [0.25, 0.3) is 0 Å². The maximum absolute atomic E-state index is 13.6. The van der Waals surface area contributed by atoms with E-state index in [9.17, 15) is 14.4 Å². The molecule has 2 amide bonds. The van der Waals surface area contributed by atoms with E-state index in [1.54, 1.807) is 48.3 Å². The van der Waals surface area contributed by atoms with Crippen molar-refractivity contribution in [3.63, 3.8) is 0 Å². The largest absolute Gasteiger partial charge is 0.493 e. The highest BCUT2D eigenvalue weighted by Gasteiger charge is 2.35. The molecule has 0 N–H and O–H groups in total. The Hall–Kier alpha value is -6.11. The summed E-state index contributed by atoms with van der Waals surface area (Å²) in [6.45, 7) is 13.2. The summed E-state index contributed by atoms with van der Waals surface area (Å²) in [5.41, 5.74) is 6.79. The predicted molar refractivity (Wildman–Crippen MR) is 249 cm³/mol. The molecule has 7 rings (SSSR count). The highest BCUT2D eigenvalue weighted by Crippen LogP contribution is 2.40. The average Bonchev–Trinajstić information content (AvgIpc) is 3.85. The van der Waals surface area contributed by atoms with E-state index in [4.69, 9.17) is 42.6 Å². The summed E-state index contributed by atoms with van der Waals surface area (Å²) in [6, 6.07) is 12.9. The Morgan fingerprint density at radius 3 is 1.46 bits per heavy atom. The first-order valence-electron chi connectivity index (χ1n) is 22.4. The summed E-state index contributed by atoms with van der Waals surface area (Å²) >= 11 is 0. The maximum Gasteiger partial charge on any atom is 0.331 e. The van der Waals surface area contributed by atoms with Crippen LogP contribution in [0.1, 0.15) is 56.7 Å². The molecule has 0 spiro atoms. The number of hydrogen-bond donors (Lipinski definition) is 0. The zero-order chi connectivity index (χ0) is 47.1. The molecule has 4 heterocycles. The number of carbonyl (C=O) groups excluding carboxylic acids is 3. The average molecular weight is 925 g/mol. The van der Waals surface area contributed by atoms with E-state index in [2.05, 4.69) is 40.0 Å². The molecular formula is C50H60N4O13. The molecule has 4 aliphatic heterocycles. The van der Waals surface area contributed by atoms with Crippen molar-refractivity contribution in [2.75, 3.05) is 100 Å². The van der Waals surface area contributed by atoms with E-state index < -0.39 is 5.97 Å². The van der Waals surface area contributed by atoms with Crippen LogP contribution in [0, 0.1) is 0 Å². The van der Waals surface area contributed by atoms with Crippen LogP contribution < -0.4 is 18.9 Å². The van der Waals surface area contributed by atoms with Gasteiger partial charge in [-0.3, -0.25) is 19.6 Å². The lowest BCUT2D eigenvalue weighted by Crippen LogP contribution is -2.35. The number of benzene rings is 3. The number of carbonyl (C=O) groups is 3. The molecule has 3 aromatic rings. The van der Waals surface area contributed by atoms with Crippen LogP contribution in [0.2, 0.25) is 0 Å². The summed E-state index contributed by atoms with van der Waals surface area (Å²) < 4.78 is 56.4.